The predicted octanol–water partition coefficient (Wildman–Crippen LogP) is 1.78. The standard InChI is InChI=1S/C13H22N2O3/c1-9(10-5-6-10)14(2)13(18)15-7-3-4-11(15)8-12(16)17/h9-11H,3-8H2,1-2H3,(H,16,17). The fraction of sp³-hybridized carbons (Fsp3) is 0.846. The molecule has 0 aromatic rings. The summed E-state index contributed by atoms with van der Waals surface area (Å²) in [5.41, 5.74) is 0. The summed E-state index contributed by atoms with van der Waals surface area (Å²) >= 11 is 0. The number of urea groups is 1. The maximum absolute atomic E-state index is 12.4. The van der Waals surface area contributed by atoms with Crippen LogP contribution in [-0.4, -0.2) is 52.6 Å². The number of hydrogen-bond donors (Lipinski definition) is 1. The number of aliphatic carboxylic acids is 1. The van der Waals surface area contributed by atoms with Gasteiger partial charge in [0.25, 0.3) is 0 Å². The summed E-state index contributed by atoms with van der Waals surface area (Å²) in [5, 5.41) is 8.87. The summed E-state index contributed by atoms with van der Waals surface area (Å²) in [4.78, 5) is 26.7. The molecule has 2 rings (SSSR count). The van der Waals surface area contributed by atoms with Crippen molar-refractivity contribution in [3.8, 4) is 0 Å². The van der Waals surface area contributed by atoms with Gasteiger partial charge in [0.1, 0.15) is 0 Å². The number of amides is 2. The Hall–Kier alpha value is -1.26. The fourth-order valence-electron chi connectivity index (χ4n) is 2.77. The minimum atomic E-state index is -0.822. The second-order valence-corrected chi connectivity index (χ2v) is 5.56. The number of hydrogen-bond acceptors (Lipinski definition) is 2. The van der Waals surface area contributed by atoms with Crippen molar-refractivity contribution in [1.82, 2.24) is 9.80 Å². The molecular formula is C13H22N2O3. The first kappa shape index (κ1) is 13.2. The molecular weight excluding hydrogens is 232 g/mol. The van der Waals surface area contributed by atoms with Crippen LogP contribution in [0.5, 0.6) is 0 Å². The highest BCUT2D eigenvalue weighted by molar-refractivity contribution is 5.76. The van der Waals surface area contributed by atoms with Crippen LogP contribution in [0.1, 0.15) is 39.0 Å². The van der Waals surface area contributed by atoms with Crippen molar-refractivity contribution >= 4 is 12.0 Å². The lowest BCUT2D eigenvalue weighted by Crippen LogP contribution is -2.48. The SMILES string of the molecule is CC(C1CC1)N(C)C(=O)N1CCCC1CC(=O)O. The average molecular weight is 254 g/mol. The molecule has 5 heteroatoms. The molecule has 2 fully saturated rings. The van der Waals surface area contributed by atoms with Crippen molar-refractivity contribution in [1.29, 1.82) is 0 Å². The lowest BCUT2D eigenvalue weighted by Gasteiger charge is -2.32. The Labute approximate surface area is 108 Å². The third-order valence-corrected chi connectivity index (χ3v) is 4.25. The zero-order valence-electron chi connectivity index (χ0n) is 11.1. The van der Waals surface area contributed by atoms with E-state index in [0.29, 0.717) is 12.5 Å². The van der Waals surface area contributed by atoms with Gasteiger partial charge in [0.2, 0.25) is 0 Å². The van der Waals surface area contributed by atoms with E-state index in [1.165, 1.54) is 12.8 Å². The first-order chi connectivity index (χ1) is 8.50. The predicted molar refractivity (Wildman–Crippen MR) is 67.3 cm³/mol. The lowest BCUT2D eigenvalue weighted by molar-refractivity contribution is -0.138. The van der Waals surface area contributed by atoms with Crippen LogP contribution in [0.4, 0.5) is 4.79 Å². The molecule has 2 aliphatic rings. The van der Waals surface area contributed by atoms with E-state index in [1.807, 2.05) is 7.05 Å². The molecule has 0 bridgehead atoms. The average Bonchev–Trinajstić information content (AvgIpc) is 3.07. The van der Waals surface area contributed by atoms with Gasteiger partial charge >= 0.3 is 12.0 Å². The summed E-state index contributed by atoms with van der Waals surface area (Å²) in [5.74, 6) is -0.183. The number of likely N-dealkylation sites (tertiary alicyclic amines) is 1. The van der Waals surface area contributed by atoms with Gasteiger partial charge in [0, 0.05) is 25.7 Å². The van der Waals surface area contributed by atoms with Crippen LogP contribution in [0.25, 0.3) is 0 Å². The van der Waals surface area contributed by atoms with Crippen LogP contribution in [0.3, 0.4) is 0 Å². The highest BCUT2D eigenvalue weighted by Gasteiger charge is 2.37. The number of carbonyl (C=O) groups excluding carboxylic acids is 1. The van der Waals surface area contributed by atoms with Gasteiger partial charge < -0.3 is 14.9 Å². The third-order valence-electron chi connectivity index (χ3n) is 4.25. The van der Waals surface area contributed by atoms with Crippen molar-refractivity contribution in [3.05, 3.63) is 0 Å². The van der Waals surface area contributed by atoms with Crippen LogP contribution in [0, 0.1) is 5.92 Å². The van der Waals surface area contributed by atoms with E-state index in [4.69, 9.17) is 5.11 Å². The quantitative estimate of drug-likeness (QED) is 0.831. The molecule has 5 nitrogen and oxygen atoms in total. The van der Waals surface area contributed by atoms with Gasteiger partial charge in [-0.25, -0.2) is 4.79 Å². The molecule has 1 heterocycles. The molecule has 1 aliphatic carbocycles. The van der Waals surface area contributed by atoms with Gasteiger partial charge in [-0.05, 0) is 38.5 Å². The summed E-state index contributed by atoms with van der Waals surface area (Å²) < 4.78 is 0. The summed E-state index contributed by atoms with van der Waals surface area (Å²) in [6.07, 6.45) is 4.20. The topological polar surface area (TPSA) is 60.9 Å². The molecule has 1 N–H and O–H groups in total. The fourth-order valence-corrected chi connectivity index (χ4v) is 2.77. The van der Waals surface area contributed by atoms with Gasteiger partial charge in [-0.3, -0.25) is 4.79 Å². The molecule has 0 aromatic heterocycles. The van der Waals surface area contributed by atoms with E-state index in [0.717, 1.165) is 12.8 Å². The smallest absolute Gasteiger partial charge is 0.320 e. The van der Waals surface area contributed by atoms with Crippen molar-refractivity contribution in [2.45, 2.75) is 51.1 Å². The number of nitrogens with zero attached hydrogens (tertiary/aromatic N) is 2. The first-order valence-corrected chi connectivity index (χ1v) is 6.76. The molecule has 1 saturated heterocycles. The molecule has 102 valence electrons. The van der Waals surface area contributed by atoms with Gasteiger partial charge in [0.05, 0.1) is 6.42 Å². The maximum atomic E-state index is 12.4. The second-order valence-electron chi connectivity index (χ2n) is 5.56. The van der Waals surface area contributed by atoms with Crippen LogP contribution in [0.2, 0.25) is 0 Å². The van der Waals surface area contributed by atoms with Crippen molar-refractivity contribution in [3.63, 3.8) is 0 Å². The zero-order valence-corrected chi connectivity index (χ0v) is 11.1. The minimum Gasteiger partial charge on any atom is -0.481 e. The summed E-state index contributed by atoms with van der Waals surface area (Å²) in [7, 11) is 1.83. The van der Waals surface area contributed by atoms with E-state index < -0.39 is 5.97 Å². The minimum absolute atomic E-state index is 0.00171. The molecule has 2 amide bonds. The molecule has 0 radical (unpaired) electrons. The van der Waals surface area contributed by atoms with Gasteiger partial charge in [-0.1, -0.05) is 0 Å². The van der Waals surface area contributed by atoms with E-state index >= 15 is 0 Å². The molecule has 0 spiro atoms. The highest BCUT2D eigenvalue weighted by Crippen LogP contribution is 2.35. The van der Waals surface area contributed by atoms with Gasteiger partial charge in [-0.2, -0.15) is 0 Å². The second kappa shape index (κ2) is 5.16. The monoisotopic (exact) mass is 254 g/mol. The van der Waals surface area contributed by atoms with Crippen LogP contribution in [-0.2, 0) is 4.79 Å². The number of rotatable bonds is 4. The van der Waals surface area contributed by atoms with Crippen LogP contribution in [0.15, 0.2) is 0 Å². The first-order valence-electron chi connectivity index (χ1n) is 6.76. The number of carboxylic acids is 1. The summed E-state index contributed by atoms with van der Waals surface area (Å²) in [6, 6.07) is 0.144. The van der Waals surface area contributed by atoms with Gasteiger partial charge in [0.15, 0.2) is 0 Å². The summed E-state index contributed by atoms with van der Waals surface area (Å²) in [6.45, 7) is 2.77. The highest BCUT2D eigenvalue weighted by atomic mass is 16.4. The largest absolute Gasteiger partial charge is 0.481 e. The lowest BCUT2D eigenvalue weighted by atomic mass is 10.1. The Morgan fingerprint density at radius 1 is 1.39 bits per heavy atom. The third kappa shape index (κ3) is 2.76. The molecule has 0 aromatic carbocycles. The Kier molecular flexibility index (Phi) is 3.78. The van der Waals surface area contributed by atoms with Crippen molar-refractivity contribution in [2.75, 3.05) is 13.6 Å². The van der Waals surface area contributed by atoms with Crippen LogP contribution >= 0.6 is 0 Å². The van der Waals surface area contributed by atoms with Crippen LogP contribution < -0.4 is 0 Å². The maximum Gasteiger partial charge on any atom is 0.320 e. The Morgan fingerprint density at radius 3 is 2.61 bits per heavy atom. The van der Waals surface area contributed by atoms with Crippen molar-refractivity contribution < 1.29 is 14.7 Å². The van der Waals surface area contributed by atoms with E-state index in [9.17, 15) is 9.59 Å². The Bertz CT molecular complexity index is 341. The van der Waals surface area contributed by atoms with E-state index in [-0.39, 0.29) is 24.5 Å². The van der Waals surface area contributed by atoms with Gasteiger partial charge in [-0.15, -0.1) is 0 Å². The Balaban J connectivity index is 1.95. The van der Waals surface area contributed by atoms with Crippen molar-refractivity contribution in [2.24, 2.45) is 5.92 Å². The molecule has 2 atom stereocenters. The molecule has 1 aliphatic heterocycles. The molecule has 1 saturated carbocycles. The van der Waals surface area contributed by atoms with E-state index in [1.54, 1.807) is 9.80 Å². The Morgan fingerprint density at radius 2 is 2.06 bits per heavy atom. The molecule has 18 heavy (non-hydrogen) atoms. The number of carbonyl (C=O) groups is 2. The normalized spacial score (nSPS) is 25.0. The van der Waals surface area contributed by atoms with E-state index in [2.05, 4.69) is 6.92 Å². The number of carboxylic acid groups (broad SMARTS) is 1. The zero-order chi connectivity index (χ0) is 13.3. The molecule has 2 unspecified atom stereocenters.